The van der Waals surface area contributed by atoms with Crippen LogP contribution in [-0.2, 0) is 4.79 Å². The lowest BCUT2D eigenvalue weighted by molar-refractivity contribution is -0.128. The van der Waals surface area contributed by atoms with Gasteiger partial charge in [-0.25, -0.2) is 0 Å². The summed E-state index contributed by atoms with van der Waals surface area (Å²) in [6.45, 7) is 4.54. The fraction of sp³-hybridized carbons (Fsp3) is 0.529. The molecule has 3 heteroatoms. The van der Waals surface area contributed by atoms with E-state index in [1.165, 1.54) is 0 Å². The van der Waals surface area contributed by atoms with Crippen molar-refractivity contribution in [2.45, 2.75) is 45.4 Å². The molecule has 20 heavy (non-hydrogen) atoms. The fourth-order valence-electron chi connectivity index (χ4n) is 2.96. The van der Waals surface area contributed by atoms with Crippen LogP contribution < -0.4 is 4.74 Å². The van der Waals surface area contributed by atoms with Crippen molar-refractivity contribution >= 4 is 5.78 Å². The Labute approximate surface area is 120 Å². The Bertz CT molecular complexity index is 507. The quantitative estimate of drug-likeness (QED) is 0.817. The highest BCUT2D eigenvalue weighted by Crippen LogP contribution is 2.42. The number of hydrogen-bond donors (Lipinski definition) is 0. The van der Waals surface area contributed by atoms with E-state index < -0.39 is 5.92 Å². The Balaban J connectivity index is 2.19. The topological polar surface area (TPSA) is 50.1 Å². The molecule has 3 nitrogen and oxygen atoms in total. The summed E-state index contributed by atoms with van der Waals surface area (Å²) in [5.41, 5.74) is 0.452. The van der Waals surface area contributed by atoms with Gasteiger partial charge < -0.3 is 4.74 Å². The van der Waals surface area contributed by atoms with E-state index in [0.29, 0.717) is 6.61 Å². The smallest absolute Gasteiger partial charge is 0.160 e. The molecule has 0 saturated heterocycles. The van der Waals surface area contributed by atoms with Crippen molar-refractivity contribution in [3.05, 3.63) is 29.8 Å². The summed E-state index contributed by atoms with van der Waals surface area (Å²) in [7, 11) is 0. The molecule has 1 unspecified atom stereocenters. The molecule has 0 amide bonds. The number of ether oxygens (including phenoxy) is 1. The van der Waals surface area contributed by atoms with Crippen LogP contribution in [0.3, 0.4) is 0 Å². The van der Waals surface area contributed by atoms with Crippen LogP contribution in [0.5, 0.6) is 5.75 Å². The molecule has 1 aliphatic carbocycles. The lowest BCUT2D eigenvalue weighted by Crippen LogP contribution is -2.29. The molecule has 1 atom stereocenters. The molecule has 0 N–H and O–H groups in total. The summed E-state index contributed by atoms with van der Waals surface area (Å²) >= 11 is 0. The third kappa shape index (κ3) is 2.85. The molecular weight excluding hydrogens is 250 g/mol. The minimum absolute atomic E-state index is 0.0710. The minimum atomic E-state index is -0.659. The van der Waals surface area contributed by atoms with Gasteiger partial charge in [-0.1, -0.05) is 31.9 Å². The predicted molar refractivity (Wildman–Crippen MR) is 77.5 cm³/mol. The second kappa shape index (κ2) is 6.09. The zero-order valence-electron chi connectivity index (χ0n) is 12.2. The molecule has 0 aliphatic heterocycles. The van der Waals surface area contributed by atoms with Crippen LogP contribution in [0.4, 0.5) is 0 Å². The van der Waals surface area contributed by atoms with E-state index in [4.69, 9.17) is 4.74 Å². The van der Waals surface area contributed by atoms with E-state index in [1.54, 1.807) is 0 Å². The molecule has 0 aromatic heterocycles. The Hall–Kier alpha value is -1.82. The Morgan fingerprint density at radius 2 is 1.95 bits per heavy atom. The van der Waals surface area contributed by atoms with E-state index in [-0.39, 0.29) is 11.2 Å². The molecule has 1 aromatic carbocycles. The van der Waals surface area contributed by atoms with Gasteiger partial charge in [-0.05, 0) is 37.5 Å². The lowest BCUT2D eigenvalue weighted by Gasteiger charge is -2.24. The van der Waals surface area contributed by atoms with Crippen LogP contribution in [0.2, 0.25) is 0 Å². The van der Waals surface area contributed by atoms with Crippen molar-refractivity contribution in [3.63, 3.8) is 0 Å². The highest BCUT2D eigenvalue weighted by atomic mass is 16.5. The number of rotatable bonds is 5. The number of carbonyl (C=O) groups is 1. The zero-order valence-corrected chi connectivity index (χ0v) is 12.2. The molecule has 1 fully saturated rings. The van der Waals surface area contributed by atoms with Gasteiger partial charge in [0, 0.05) is 5.41 Å². The summed E-state index contributed by atoms with van der Waals surface area (Å²) in [4.78, 5) is 12.7. The molecule has 0 bridgehead atoms. The summed E-state index contributed by atoms with van der Waals surface area (Å²) in [5.74, 6) is 0.183. The highest BCUT2D eigenvalue weighted by Gasteiger charge is 2.40. The molecule has 1 saturated carbocycles. The molecule has 0 radical (unpaired) electrons. The number of nitriles is 1. The van der Waals surface area contributed by atoms with Gasteiger partial charge in [0.25, 0.3) is 0 Å². The fourth-order valence-corrected chi connectivity index (χ4v) is 2.96. The average molecular weight is 271 g/mol. The molecule has 1 aromatic rings. The maximum atomic E-state index is 12.7. The van der Waals surface area contributed by atoms with Crippen molar-refractivity contribution in [1.29, 1.82) is 5.26 Å². The van der Waals surface area contributed by atoms with Gasteiger partial charge in [-0.3, -0.25) is 4.79 Å². The lowest BCUT2D eigenvalue weighted by atomic mass is 9.76. The third-order valence-electron chi connectivity index (χ3n) is 4.22. The van der Waals surface area contributed by atoms with Crippen molar-refractivity contribution in [2.24, 2.45) is 5.41 Å². The minimum Gasteiger partial charge on any atom is -0.494 e. The maximum absolute atomic E-state index is 12.7. The first-order valence-corrected chi connectivity index (χ1v) is 7.27. The number of benzene rings is 1. The zero-order chi connectivity index (χ0) is 14.6. The van der Waals surface area contributed by atoms with Gasteiger partial charge in [0.1, 0.15) is 11.7 Å². The highest BCUT2D eigenvalue weighted by molar-refractivity contribution is 5.93. The molecule has 2 rings (SSSR count). The van der Waals surface area contributed by atoms with Gasteiger partial charge in [-0.2, -0.15) is 5.26 Å². The van der Waals surface area contributed by atoms with Crippen LogP contribution in [0.1, 0.15) is 51.0 Å². The van der Waals surface area contributed by atoms with E-state index in [1.807, 2.05) is 38.1 Å². The van der Waals surface area contributed by atoms with Crippen molar-refractivity contribution in [3.8, 4) is 11.8 Å². The molecule has 106 valence electrons. The van der Waals surface area contributed by atoms with Gasteiger partial charge in [0.05, 0.1) is 12.7 Å². The number of ketones is 1. The summed E-state index contributed by atoms with van der Waals surface area (Å²) < 4.78 is 5.39. The monoisotopic (exact) mass is 271 g/mol. The predicted octanol–water partition coefficient (Wildman–Crippen LogP) is 3.84. The average Bonchev–Trinajstić information content (AvgIpc) is 2.90. The maximum Gasteiger partial charge on any atom is 0.160 e. The first-order valence-electron chi connectivity index (χ1n) is 7.27. The van der Waals surface area contributed by atoms with Crippen LogP contribution in [0, 0.1) is 16.7 Å². The second-order valence-corrected chi connectivity index (χ2v) is 5.70. The number of Topliss-reactive ketones (excluding diaryl/α,β-unsaturated/α-hetero) is 1. The van der Waals surface area contributed by atoms with Crippen LogP contribution in [0.25, 0.3) is 0 Å². The van der Waals surface area contributed by atoms with E-state index in [2.05, 4.69) is 6.07 Å². The number of carbonyl (C=O) groups excluding carboxylic acids is 1. The van der Waals surface area contributed by atoms with Crippen LogP contribution in [-0.4, -0.2) is 12.4 Å². The van der Waals surface area contributed by atoms with E-state index in [0.717, 1.165) is 37.0 Å². The molecule has 0 heterocycles. The largest absolute Gasteiger partial charge is 0.494 e. The third-order valence-corrected chi connectivity index (χ3v) is 4.22. The first kappa shape index (κ1) is 14.6. The molecule has 0 spiro atoms. The Kier molecular flexibility index (Phi) is 4.44. The van der Waals surface area contributed by atoms with E-state index in [9.17, 15) is 10.1 Å². The SMILES string of the molecule is CCOc1ccc(C(C#N)C(=O)C2(C)CCCC2)cc1. The normalized spacial score (nSPS) is 18.2. The standard InChI is InChI=1S/C17H21NO2/c1-3-20-14-8-6-13(7-9-14)15(12-18)16(19)17(2)10-4-5-11-17/h6-9,15H,3-5,10-11H2,1-2H3. The second-order valence-electron chi connectivity index (χ2n) is 5.70. The van der Waals surface area contributed by atoms with Crippen molar-refractivity contribution < 1.29 is 9.53 Å². The Morgan fingerprint density at radius 3 is 2.45 bits per heavy atom. The number of nitrogens with zero attached hydrogens (tertiary/aromatic N) is 1. The van der Waals surface area contributed by atoms with Gasteiger partial charge >= 0.3 is 0 Å². The van der Waals surface area contributed by atoms with Gasteiger partial charge in [0.15, 0.2) is 5.78 Å². The van der Waals surface area contributed by atoms with Crippen LogP contribution in [0.15, 0.2) is 24.3 Å². The van der Waals surface area contributed by atoms with Gasteiger partial charge in [-0.15, -0.1) is 0 Å². The Morgan fingerprint density at radius 1 is 1.35 bits per heavy atom. The van der Waals surface area contributed by atoms with Crippen molar-refractivity contribution in [1.82, 2.24) is 0 Å². The summed E-state index contributed by atoms with van der Waals surface area (Å²) in [6, 6.07) is 9.49. The van der Waals surface area contributed by atoms with Crippen LogP contribution >= 0.6 is 0 Å². The van der Waals surface area contributed by atoms with E-state index >= 15 is 0 Å². The molecule has 1 aliphatic rings. The summed E-state index contributed by atoms with van der Waals surface area (Å²) in [5, 5.41) is 9.40. The van der Waals surface area contributed by atoms with Gasteiger partial charge in [0.2, 0.25) is 0 Å². The first-order chi connectivity index (χ1) is 9.60. The summed E-state index contributed by atoms with van der Waals surface area (Å²) in [6.07, 6.45) is 3.98. The molecular formula is C17H21NO2. The number of hydrogen-bond acceptors (Lipinski definition) is 3. The van der Waals surface area contributed by atoms with Crippen molar-refractivity contribution in [2.75, 3.05) is 6.61 Å².